The first-order valence-electron chi connectivity index (χ1n) is 10.2. The van der Waals surface area contributed by atoms with Crippen LogP contribution in [0.25, 0.3) is 22.2 Å². The molecular formula is C28H22N2. The highest BCUT2D eigenvalue weighted by atomic mass is 15.1. The molecule has 2 heteroatoms. The van der Waals surface area contributed by atoms with Crippen molar-refractivity contribution in [2.75, 3.05) is 0 Å². The number of para-hydroxylation sites is 2. The van der Waals surface area contributed by atoms with Crippen LogP contribution >= 0.6 is 0 Å². The van der Waals surface area contributed by atoms with E-state index in [9.17, 15) is 0 Å². The number of hydrogen-bond acceptors (Lipinski definition) is 1. The minimum Gasteiger partial charge on any atom is -0.293 e. The number of hydrogen-bond donors (Lipinski definition) is 0. The van der Waals surface area contributed by atoms with Crippen LogP contribution in [0.2, 0.25) is 0 Å². The molecular weight excluding hydrogens is 364 g/mol. The van der Waals surface area contributed by atoms with Gasteiger partial charge in [0.25, 0.3) is 0 Å². The Balaban J connectivity index is 1.83. The van der Waals surface area contributed by atoms with Crippen molar-refractivity contribution in [3.8, 4) is 11.3 Å². The second-order valence-electron chi connectivity index (χ2n) is 7.43. The van der Waals surface area contributed by atoms with E-state index in [0.717, 1.165) is 28.3 Å². The van der Waals surface area contributed by atoms with Gasteiger partial charge in [-0.15, -0.1) is 0 Å². The molecule has 5 rings (SSSR count). The highest BCUT2D eigenvalue weighted by molar-refractivity contribution is 6.09. The van der Waals surface area contributed by atoms with Crippen molar-refractivity contribution in [1.82, 2.24) is 4.57 Å². The lowest BCUT2D eigenvalue weighted by atomic mass is 10.1. The molecule has 0 amide bonds. The standard InChI is InChI=1S/C28H22N2/c1-21-16-18-22(19-17-21)27-20-24-12-8-9-15-26(24)30(27)28(23-10-4-2-5-11-23)29-25-13-6-3-7-14-25/h2-20H,1H3. The fourth-order valence-corrected chi connectivity index (χ4v) is 3.78. The van der Waals surface area contributed by atoms with E-state index in [2.05, 4.69) is 90.4 Å². The molecule has 0 aliphatic rings. The monoisotopic (exact) mass is 386 g/mol. The van der Waals surface area contributed by atoms with Gasteiger partial charge in [0, 0.05) is 10.9 Å². The second-order valence-corrected chi connectivity index (χ2v) is 7.43. The Morgan fingerprint density at radius 2 is 1.30 bits per heavy atom. The van der Waals surface area contributed by atoms with E-state index in [1.165, 1.54) is 16.5 Å². The summed E-state index contributed by atoms with van der Waals surface area (Å²) in [5, 5.41) is 1.20. The molecule has 0 N–H and O–H groups in total. The van der Waals surface area contributed by atoms with Gasteiger partial charge in [-0.05, 0) is 36.8 Å². The van der Waals surface area contributed by atoms with Gasteiger partial charge in [-0.3, -0.25) is 4.57 Å². The summed E-state index contributed by atoms with van der Waals surface area (Å²) in [6, 6.07) is 40.0. The molecule has 0 aliphatic heterocycles. The highest BCUT2D eigenvalue weighted by Crippen LogP contribution is 2.30. The van der Waals surface area contributed by atoms with Crippen molar-refractivity contribution < 1.29 is 0 Å². The molecule has 30 heavy (non-hydrogen) atoms. The molecule has 0 saturated carbocycles. The maximum atomic E-state index is 5.10. The average Bonchev–Trinajstić information content (AvgIpc) is 3.18. The van der Waals surface area contributed by atoms with Crippen molar-refractivity contribution >= 4 is 22.4 Å². The zero-order chi connectivity index (χ0) is 20.3. The molecule has 1 heterocycles. The molecule has 0 aliphatic carbocycles. The average molecular weight is 386 g/mol. The van der Waals surface area contributed by atoms with Crippen LogP contribution in [-0.2, 0) is 0 Å². The van der Waals surface area contributed by atoms with Crippen molar-refractivity contribution in [1.29, 1.82) is 0 Å². The summed E-state index contributed by atoms with van der Waals surface area (Å²) >= 11 is 0. The number of rotatable bonds is 3. The largest absolute Gasteiger partial charge is 0.293 e. The van der Waals surface area contributed by atoms with Crippen LogP contribution in [0.15, 0.2) is 120 Å². The van der Waals surface area contributed by atoms with Gasteiger partial charge < -0.3 is 0 Å². The molecule has 0 saturated heterocycles. The summed E-state index contributed by atoms with van der Waals surface area (Å²) in [4.78, 5) is 5.10. The van der Waals surface area contributed by atoms with E-state index in [-0.39, 0.29) is 0 Å². The number of aromatic nitrogens is 1. The number of benzene rings is 4. The molecule has 144 valence electrons. The molecule has 0 unspecified atom stereocenters. The Morgan fingerprint density at radius 1 is 0.667 bits per heavy atom. The molecule has 4 aromatic carbocycles. The third-order valence-electron chi connectivity index (χ3n) is 5.29. The molecule has 0 radical (unpaired) electrons. The topological polar surface area (TPSA) is 17.3 Å². The van der Waals surface area contributed by atoms with Crippen LogP contribution in [0.1, 0.15) is 11.1 Å². The summed E-state index contributed by atoms with van der Waals surface area (Å²) < 4.78 is 2.28. The summed E-state index contributed by atoms with van der Waals surface area (Å²) in [5.74, 6) is 0.915. The fraction of sp³-hybridized carbons (Fsp3) is 0.0357. The number of nitrogens with zero attached hydrogens (tertiary/aromatic N) is 2. The molecule has 1 aromatic heterocycles. The lowest BCUT2D eigenvalue weighted by molar-refractivity contribution is 1.20. The Hall–Kier alpha value is -3.91. The van der Waals surface area contributed by atoms with Crippen molar-refractivity contribution in [3.63, 3.8) is 0 Å². The predicted molar refractivity (Wildman–Crippen MR) is 127 cm³/mol. The number of aliphatic imine (C=N–C) groups is 1. The molecule has 0 atom stereocenters. The summed E-state index contributed by atoms with van der Waals surface area (Å²) in [6.07, 6.45) is 0. The maximum absolute atomic E-state index is 5.10. The van der Waals surface area contributed by atoms with E-state index in [1.807, 2.05) is 36.4 Å². The number of fused-ring (bicyclic) bond motifs is 1. The maximum Gasteiger partial charge on any atom is 0.145 e. The quantitative estimate of drug-likeness (QED) is 0.230. The molecule has 0 bridgehead atoms. The third kappa shape index (κ3) is 3.44. The minimum atomic E-state index is 0.915. The van der Waals surface area contributed by atoms with Gasteiger partial charge in [0.05, 0.1) is 16.9 Å². The third-order valence-corrected chi connectivity index (χ3v) is 5.29. The van der Waals surface area contributed by atoms with Gasteiger partial charge in [0.15, 0.2) is 0 Å². The van der Waals surface area contributed by atoms with Crippen LogP contribution in [0.4, 0.5) is 5.69 Å². The minimum absolute atomic E-state index is 0.915. The fourth-order valence-electron chi connectivity index (χ4n) is 3.78. The van der Waals surface area contributed by atoms with Crippen molar-refractivity contribution in [2.45, 2.75) is 6.92 Å². The summed E-state index contributed by atoms with van der Waals surface area (Å²) in [5.41, 5.74) is 6.72. The van der Waals surface area contributed by atoms with Gasteiger partial charge in [-0.2, -0.15) is 0 Å². The molecule has 0 fully saturated rings. The smallest absolute Gasteiger partial charge is 0.145 e. The first-order valence-corrected chi connectivity index (χ1v) is 10.2. The van der Waals surface area contributed by atoms with Crippen molar-refractivity contribution in [2.24, 2.45) is 4.99 Å². The van der Waals surface area contributed by atoms with Gasteiger partial charge in [0.2, 0.25) is 0 Å². The Morgan fingerprint density at radius 3 is 2.03 bits per heavy atom. The van der Waals surface area contributed by atoms with E-state index < -0.39 is 0 Å². The van der Waals surface area contributed by atoms with Gasteiger partial charge in [-0.1, -0.05) is 96.6 Å². The predicted octanol–water partition coefficient (Wildman–Crippen LogP) is 7.24. The van der Waals surface area contributed by atoms with Crippen LogP contribution < -0.4 is 0 Å². The van der Waals surface area contributed by atoms with Crippen molar-refractivity contribution in [3.05, 3.63) is 126 Å². The first kappa shape index (κ1) is 18.1. The summed E-state index contributed by atoms with van der Waals surface area (Å²) in [6.45, 7) is 2.12. The molecule has 2 nitrogen and oxygen atoms in total. The van der Waals surface area contributed by atoms with Crippen LogP contribution in [0.5, 0.6) is 0 Å². The molecule has 5 aromatic rings. The van der Waals surface area contributed by atoms with Gasteiger partial charge in [0.1, 0.15) is 5.84 Å². The first-order chi connectivity index (χ1) is 14.8. The van der Waals surface area contributed by atoms with Gasteiger partial charge >= 0.3 is 0 Å². The lowest BCUT2D eigenvalue weighted by Crippen LogP contribution is -2.14. The second kappa shape index (κ2) is 7.84. The van der Waals surface area contributed by atoms with Gasteiger partial charge in [-0.25, -0.2) is 4.99 Å². The van der Waals surface area contributed by atoms with E-state index in [4.69, 9.17) is 4.99 Å². The lowest BCUT2D eigenvalue weighted by Gasteiger charge is -2.15. The van der Waals surface area contributed by atoms with Crippen LogP contribution in [0.3, 0.4) is 0 Å². The zero-order valence-corrected chi connectivity index (χ0v) is 16.9. The zero-order valence-electron chi connectivity index (χ0n) is 16.9. The SMILES string of the molecule is Cc1ccc(-c2cc3ccccc3n2C(=Nc2ccccc2)c2ccccc2)cc1. The Bertz CT molecular complexity index is 1310. The van der Waals surface area contributed by atoms with E-state index >= 15 is 0 Å². The highest BCUT2D eigenvalue weighted by Gasteiger charge is 2.17. The molecule has 0 spiro atoms. The van der Waals surface area contributed by atoms with Crippen LogP contribution in [-0.4, -0.2) is 10.4 Å². The number of aryl methyl sites for hydroxylation is 1. The van der Waals surface area contributed by atoms with E-state index in [0.29, 0.717) is 0 Å². The van der Waals surface area contributed by atoms with Crippen LogP contribution in [0, 0.1) is 6.92 Å². The normalized spacial score (nSPS) is 11.7. The Kier molecular flexibility index (Phi) is 4.74. The van der Waals surface area contributed by atoms with E-state index in [1.54, 1.807) is 0 Å². The Labute approximate surface area is 176 Å². The summed E-state index contributed by atoms with van der Waals surface area (Å²) in [7, 11) is 0.